The van der Waals surface area contributed by atoms with E-state index in [1.54, 1.807) is 36.9 Å². The van der Waals surface area contributed by atoms with Gasteiger partial charge in [-0.25, -0.2) is 0 Å². The molecule has 8 N–H and O–H groups in total. The summed E-state index contributed by atoms with van der Waals surface area (Å²) in [5.74, 6) is 0.841. The van der Waals surface area contributed by atoms with Gasteiger partial charge in [0.05, 0.1) is 107 Å². The molecule has 0 aliphatic carbocycles. The average Bonchev–Trinajstić information content (AvgIpc) is 0.771. The highest BCUT2D eigenvalue weighted by molar-refractivity contribution is 7.99. The number of likely N-dealkylation sites (N-methyl/N-ethyl adjacent to an activating group) is 2. The van der Waals surface area contributed by atoms with Gasteiger partial charge >= 0.3 is 43.2 Å². The van der Waals surface area contributed by atoms with E-state index in [-0.39, 0.29) is 102 Å². The van der Waals surface area contributed by atoms with E-state index < -0.39 is 129 Å². The lowest BCUT2D eigenvalue weighted by Gasteiger charge is -2.46. The van der Waals surface area contributed by atoms with Crippen molar-refractivity contribution in [2.24, 2.45) is 0 Å². The van der Waals surface area contributed by atoms with Crippen LogP contribution in [0.2, 0.25) is 0 Å². The normalized spacial score (nSPS) is 17.9. The summed E-state index contributed by atoms with van der Waals surface area (Å²) in [6.07, 6.45) is -32.1. The molecular weight excluding hydrogens is 1600 g/mol. The lowest BCUT2D eigenvalue weighted by molar-refractivity contribution is -0.137. The van der Waals surface area contributed by atoms with Gasteiger partial charge in [-0.3, -0.25) is 24.0 Å². The maximum atomic E-state index is 13.3. The number of anilines is 7. The van der Waals surface area contributed by atoms with Crippen LogP contribution in [-0.4, -0.2) is 126 Å². The smallest absolute Gasteiger partial charge is 0.417 e. The van der Waals surface area contributed by atoms with Gasteiger partial charge in [-0.15, -0.1) is 11.8 Å². The summed E-state index contributed by atoms with van der Waals surface area (Å²) in [5.41, 5.74) is -6.22. The second kappa shape index (κ2) is 30.4. The number of hydrogen-bond acceptors (Lipinski definition) is 15. The van der Waals surface area contributed by atoms with Gasteiger partial charge in [0.1, 0.15) is 37.8 Å². The van der Waals surface area contributed by atoms with Crippen molar-refractivity contribution in [3.05, 3.63) is 171 Å². The molecule has 10 heterocycles. The van der Waals surface area contributed by atoms with Crippen molar-refractivity contribution in [3.63, 3.8) is 0 Å². The van der Waals surface area contributed by atoms with Gasteiger partial charge in [0.25, 0.3) is 0 Å². The Morgan fingerprint density at radius 3 is 1.20 bits per heavy atom. The van der Waals surface area contributed by atoms with Gasteiger partial charge in [-0.1, -0.05) is 6.92 Å². The fourth-order valence-electron chi connectivity index (χ4n) is 14.1. The quantitative estimate of drug-likeness (QED) is 0.0769. The molecule has 0 bridgehead atoms. The van der Waals surface area contributed by atoms with Crippen molar-refractivity contribution in [1.29, 1.82) is 0 Å². The van der Waals surface area contributed by atoms with Gasteiger partial charge < -0.3 is 69.9 Å². The first-order valence-corrected chi connectivity index (χ1v) is 35.7. The molecule has 41 heteroatoms. The molecule has 5 aromatic heterocycles. The molecule has 0 spiro atoms. The molecule has 115 heavy (non-hydrogen) atoms. The number of nitrogens with one attached hydrogen (secondary N) is 8. The molecule has 5 aliphatic rings. The maximum Gasteiger partial charge on any atom is 0.417 e. The van der Waals surface area contributed by atoms with E-state index in [9.17, 15) is 116 Å². The Hall–Kier alpha value is -10.8. The Morgan fingerprint density at radius 1 is 0.435 bits per heavy atom. The summed E-state index contributed by atoms with van der Waals surface area (Å²) in [6, 6.07) is 14.8. The predicted molar refractivity (Wildman–Crippen MR) is 395 cm³/mol. The highest BCUT2D eigenvalue weighted by Crippen LogP contribution is 2.48. The van der Waals surface area contributed by atoms with Crippen LogP contribution < -0.4 is 72.8 Å². The molecule has 0 saturated heterocycles. The molecule has 10 aromatic rings. The van der Waals surface area contributed by atoms with Crippen LogP contribution in [0.1, 0.15) is 82.7 Å². The monoisotopic (exact) mass is 1670 g/mol. The minimum Gasteiger partial charge on any atom is -0.489 e. The van der Waals surface area contributed by atoms with Crippen LogP contribution in [0.15, 0.2) is 120 Å². The lowest BCUT2D eigenvalue weighted by atomic mass is 9.90. The second-order valence-electron chi connectivity index (χ2n) is 29.0. The number of hydrogen-bond donors (Lipinski definition) is 8. The van der Waals surface area contributed by atoms with E-state index in [0.29, 0.717) is 78.3 Å². The number of fused-ring (bicyclic) bond motifs is 10. The van der Waals surface area contributed by atoms with Gasteiger partial charge in [0, 0.05) is 124 Å². The van der Waals surface area contributed by atoms with Crippen LogP contribution in [0.25, 0.3) is 54.5 Å². The zero-order chi connectivity index (χ0) is 84.9. The summed E-state index contributed by atoms with van der Waals surface area (Å²) in [6.45, 7) is 11.9. The Morgan fingerprint density at radius 2 is 0.791 bits per heavy atom. The highest BCUT2D eigenvalue weighted by atomic mass is 32.2. The van der Waals surface area contributed by atoms with Crippen molar-refractivity contribution >= 4 is 106 Å². The van der Waals surface area contributed by atoms with Gasteiger partial charge in [-0.05, 0) is 96.5 Å². The maximum absolute atomic E-state index is 13.3. The second-order valence-corrected chi connectivity index (χ2v) is 30.1. The third kappa shape index (κ3) is 18.8. The number of H-pyrrole nitrogens is 5. The number of thioether (sulfide) groups is 1. The largest absolute Gasteiger partial charge is 0.489 e. The predicted octanol–water partition coefficient (Wildman–Crippen LogP) is 17.6. The van der Waals surface area contributed by atoms with Crippen LogP contribution in [0.5, 0.6) is 11.5 Å². The number of nitrogens with zero attached hydrogens (tertiary/aromatic N) is 4. The SMILES string of the molecule is CC[C@@H]1COc2cc3[nH]c(=O)cc(C(F)(F)F)c3cc2N1CC(F)(F)F.CN1CC(C)(C)Nc2cc3[nH]c(=O)cc(C(F)(F)F)c3cc21.C[C@@H]1COc2cc3[nH]c(=O)cc(C(F)(F)F)c3cc2N1CC(F)(F)F.C[C@@H]1N(C)c2cc3c(C(F)(F)F)cc(=O)[nH]c3cc2NC1(C)C.O=c1cc(C(F)(F)F)c2cc3c(cc2[nH]1)SCCN3. The fraction of sp³-hybridized carbons (Fsp3) is 0.392. The first-order valence-electron chi connectivity index (χ1n) is 34.7. The molecular formula is C74H69F21N12O7S. The Balaban J connectivity index is 0.000000142. The fourth-order valence-corrected chi connectivity index (χ4v) is 15.0. The molecule has 620 valence electrons. The van der Waals surface area contributed by atoms with E-state index in [2.05, 4.69) is 40.9 Å². The number of halogens is 21. The van der Waals surface area contributed by atoms with E-state index in [0.717, 1.165) is 44.7 Å². The third-order valence-corrected chi connectivity index (χ3v) is 20.6. The number of benzene rings is 5. The number of aromatic amines is 5. The number of ether oxygens (including phenoxy) is 2. The molecule has 15 rings (SSSR count). The Bertz CT molecular complexity index is 5730. The lowest BCUT2D eigenvalue weighted by Crippen LogP contribution is -2.54. The average molecular weight is 1670 g/mol. The molecule has 0 unspecified atom stereocenters. The van der Waals surface area contributed by atoms with Crippen LogP contribution in [0.4, 0.5) is 132 Å². The van der Waals surface area contributed by atoms with Crippen LogP contribution in [0.3, 0.4) is 0 Å². The van der Waals surface area contributed by atoms with Crippen LogP contribution >= 0.6 is 11.8 Å². The Kier molecular flexibility index (Phi) is 22.5. The minimum atomic E-state index is -4.82. The van der Waals surface area contributed by atoms with Gasteiger partial charge in [-0.2, -0.15) is 92.2 Å². The van der Waals surface area contributed by atoms with Gasteiger partial charge in [0.2, 0.25) is 27.8 Å². The van der Waals surface area contributed by atoms with Crippen molar-refractivity contribution in [2.75, 3.05) is 94.8 Å². The molecule has 0 amide bonds. The highest BCUT2D eigenvalue weighted by Gasteiger charge is 2.44. The first-order chi connectivity index (χ1) is 53.0. The summed E-state index contributed by atoms with van der Waals surface area (Å²) in [5, 5.41) is 8.93. The zero-order valence-corrected chi connectivity index (χ0v) is 62.4. The van der Waals surface area contributed by atoms with E-state index >= 15 is 0 Å². The van der Waals surface area contributed by atoms with Crippen LogP contribution in [-0.2, 0) is 30.9 Å². The third-order valence-electron chi connectivity index (χ3n) is 19.6. The van der Waals surface area contributed by atoms with Crippen molar-refractivity contribution < 1.29 is 102 Å². The number of rotatable bonds is 3. The summed E-state index contributed by atoms with van der Waals surface area (Å²) < 4.78 is 286. The zero-order valence-electron chi connectivity index (χ0n) is 61.5. The molecule has 0 fully saturated rings. The number of aromatic nitrogens is 5. The number of alkyl halides is 21. The summed E-state index contributed by atoms with van der Waals surface area (Å²) >= 11 is 1.56. The van der Waals surface area contributed by atoms with Gasteiger partial charge in [0.15, 0.2) is 0 Å². The van der Waals surface area contributed by atoms with E-state index in [1.165, 1.54) is 25.1 Å². The van der Waals surface area contributed by atoms with Crippen LogP contribution in [0, 0.1) is 0 Å². The standard InChI is InChI=1S/C16H14F6N2O2.C16H18F3N3O.C15H12F6N2O2.C15H16F3N3O.C12H9F3N2OS/c1-2-8-6-26-13-5-11-9(3-12(13)24(8)7-15(17,18)19)10(16(20,21)22)4-14(25)23-11;1-8-15(2,3)21-12-7-11-9(5-13(12)22(8)4)10(16(17,18)19)6-14(23)20-11;1-7-5-25-12-4-10-8(2-11(12)23(7)6-14(16,17)18)9(15(19,20)21)3-13(24)22-10;1-14(2)7-21(3)12-4-8-9(15(16,17)18)5-13(22)19-10(8)6-11(12)20-14;13-12(14,15)7-4-11(18)17-8-5-10-9(3-6(7)8)16-1-2-19-10/h3-5,8H,2,6-7H2,1H3,(H,23,25);5-8,21H,1-4H3,(H,20,23);2-4,7H,5-6H2,1H3,(H,22,24);4-6,20H,7H2,1-3H3,(H,19,22);3-5,16H,1-2H2,(H,17,18)/t2*8-;7-;;/m101../s1. The molecule has 0 radical (unpaired) electrons. The van der Waals surface area contributed by atoms with E-state index in [1.807, 2.05) is 58.5 Å². The molecule has 5 aromatic carbocycles. The van der Waals surface area contributed by atoms with E-state index in [4.69, 9.17) is 9.47 Å². The molecule has 3 atom stereocenters. The first kappa shape index (κ1) is 85.1. The van der Waals surface area contributed by atoms with Crippen molar-refractivity contribution in [3.8, 4) is 11.5 Å². The molecule has 5 aliphatic heterocycles. The van der Waals surface area contributed by atoms with Crippen molar-refractivity contribution in [2.45, 2.75) is 132 Å². The molecule has 19 nitrogen and oxygen atoms in total. The molecule has 0 saturated carbocycles. The minimum absolute atomic E-state index is 0.000735. The summed E-state index contributed by atoms with van der Waals surface area (Å²) in [7, 11) is 3.70. The Labute approximate surface area is 639 Å². The van der Waals surface area contributed by atoms with Crippen molar-refractivity contribution in [1.82, 2.24) is 24.9 Å². The topological polar surface area (TPSA) is 232 Å². The summed E-state index contributed by atoms with van der Waals surface area (Å²) in [4.78, 5) is 76.0. The number of pyridine rings is 5.